The second-order valence-corrected chi connectivity index (χ2v) is 5.54. The number of aryl methyl sites for hydroxylation is 1. The van der Waals surface area contributed by atoms with Gasteiger partial charge >= 0.3 is 11.9 Å². The Balaban J connectivity index is 2.33. The zero-order chi connectivity index (χ0) is 17.5. The molecule has 1 aromatic heterocycles. The Morgan fingerprint density at radius 2 is 2.00 bits per heavy atom. The van der Waals surface area contributed by atoms with E-state index in [-0.39, 0.29) is 6.61 Å². The number of aromatic nitrogens is 1. The van der Waals surface area contributed by atoms with Gasteiger partial charge in [0.1, 0.15) is 5.69 Å². The molecule has 0 spiro atoms. The SMILES string of the molecule is CCCCOC(=O)/C=C/c1c(C(=O)OCC)[nH]c2cc(C)ccc12. The van der Waals surface area contributed by atoms with E-state index in [0.717, 1.165) is 29.3 Å². The maximum absolute atomic E-state index is 12.2. The summed E-state index contributed by atoms with van der Waals surface area (Å²) >= 11 is 0. The minimum absolute atomic E-state index is 0.287. The van der Waals surface area contributed by atoms with Gasteiger partial charge in [0.25, 0.3) is 0 Å². The van der Waals surface area contributed by atoms with Gasteiger partial charge in [-0.1, -0.05) is 25.5 Å². The molecule has 0 atom stereocenters. The van der Waals surface area contributed by atoms with E-state index < -0.39 is 11.9 Å². The molecule has 0 radical (unpaired) electrons. The van der Waals surface area contributed by atoms with Crippen LogP contribution in [0.15, 0.2) is 24.3 Å². The van der Waals surface area contributed by atoms with Crippen LogP contribution in [-0.2, 0) is 14.3 Å². The van der Waals surface area contributed by atoms with Gasteiger partial charge in [-0.05, 0) is 38.0 Å². The second kappa shape index (κ2) is 8.34. The van der Waals surface area contributed by atoms with Gasteiger partial charge in [0, 0.05) is 22.5 Å². The van der Waals surface area contributed by atoms with Crippen molar-refractivity contribution in [3.63, 3.8) is 0 Å². The molecule has 0 aliphatic rings. The van der Waals surface area contributed by atoms with Crippen molar-refractivity contribution in [1.29, 1.82) is 0 Å². The summed E-state index contributed by atoms with van der Waals surface area (Å²) in [4.78, 5) is 27.0. The normalized spacial score (nSPS) is 11.1. The molecular weight excluding hydrogens is 306 g/mol. The maximum Gasteiger partial charge on any atom is 0.355 e. The highest BCUT2D eigenvalue weighted by Crippen LogP contribution is 2.25. The predicted molar refractivity (Wildman–Crippen MR) is 93.9 cm³/mol. The molecular formula is C19H23NO4. The lowest BCUT2D eigenvalue weighted by Gasteiger charge is -2.01. The number of hydrogen-bond acceptors (Lipinski definition) is 4. The zero-order valence-electron chi connectivity index (χ0n) is 14.3. The summed E-state index contributed by atoms with van der Waals surface area (Å²) in [7, 11) is 0. The monoisotopic (exact) mass is 329 g/mol. The second-order valence-electron chi connectivity index (χ2n) is 5.54. The summed E-state index contributed by atoms with van der Waals surface area (Å²) in [6.45, 7) is 6.45. The first kappa shape index (κ1) is 17.8. The van der Waals surface area contributed by atoms with Crippen molar-refractivity contribution < 1.29 is 19.1 Å². The number of carbonyl (C=O) groups is 2. The molecule has 24 heavy (non-hydrogen) atoms. The summed E-state index contributed by atoms with van der Waals surface area (Å²) in [6.07, 6.45) is 4.75. The van der Waals surface area contributed by atoms with Gasteiger partial charge in [0.2, 0.25) is 0 Å². The van der Waals surface area contributed by atoms with Crippen LogP contribution in [0, 0.1) is 6.92 Å². The number of benzene rings is 1. The van der Waals surface area contributed by atoms with Crippen molar-refractivity contribution in [2.24, 2.45) is 0 Å². The van der Waals surface area contributed by atoms with Crippen LogP contribution in [0.4, 0.5) is 0 Å². The highest BCUT2D eigenvalue weighted by Gasteiger charge is 2.17. The highest BCUT2D eigenvalue weighted by atomic mass is 16.5. The fraction of sp³-hybridized carbons (Fsp3) is 0.368. The summed E-state index contributed by atoms with van der Waals surface area (Å²) in [6, 6.07) is 5.84. The number of fused-ring (bicyclic) bond motifs is 1. The van der Waals surface area contributed by atoms with E-state index in [0.29, 0.717) is 17.9 Å². The van der Waals surface area contributed by atoms with Crippen LogP contribution in [0.25, 0.3) is 17.0 Å². The van der Waals surface area contributed by atoms with E-state index in [9.17, 15) is 9.59 Å². The lowest BCUT2D eigenvalue weighted by atomic mass is 10.1. The van der Waals surface area contributed by atoms with Crippen molar-refractivity contribution >= 4 is 28.9 Å². The Hall–Kier alpha value is -2.56. The van der Waals surface area contributed by atoms with Crippen LogP contribution in [0.1, 0.15) is 48.3 Å². The third-order valence-corrected chi connectivity index (χ3v) is 3.60. The molecule has 0 saturated heterocycles. The molecule has 1 heterocycles. The summed E-state index contributed by atoms with van der Waals surface area (Å²) < 4.78 is 10.2. The molecule has 0 fully saturated rings. The molecule has 128 valence electrons. The Bertz CT molecular complexity index is 758. The van der Waals surface area contributed by atoms with Gasteiger partial charge in [-0.3, -0.25) is 0 Å². The van der Waals surface area contributed by atoms with E-state index in [1.54, 1.807) is 13.0 Å². The number of aromatic amines is 1. The number of carbonyl (C=O) groups excluding carboxylic acids is 2. The predicted octanol–water partition coefficient (Wildman–Crippen LogP) is 4.01. The molecule has 0 bridgehead atoms. The van der Waals surface area contributed by atoms with Crippen molar-refractivity contribution in [3.05, 3.63) is 41.1 Å². The lowest BCUT2D eigenvalue weighted by Crippen LogP contribution is -2.07. The fourth-order valence-corrected chi connectivity index (χ4v) is 2.39. The molecule has 1 N–H and O–H groups in total. The van der Waals surface area contributed by atoms with Crippen molar-refractivity contribution in [2.45, 2.75) is 33.6 Å². The van der Waals surface area contributed by atoms with Crippen LogP contribution in [0.2, 0.25) is 0 Å². The number of ether oxygens (including phenoxy) is 2. The molecule has 0 aliphatic heterocycles. The maximum atomic E-state index is 12.2. The van der Waals surface area contributed by atoms with E-state index in [1.165, 1.54) is 6.08 Å². The van der Waals surface area contributed by atoms with Crippen LogP contribution in [0.3, 0.4) is 0 Å². The number of esters is 2. The number of hydrogen-bond donors (Lipinski definition) is 1. The molecule has 5 heteroatoms. The number of nitrogens with one attached hydrogen (secondary N) is 1. The first-order valence-corrected chi connectivity index (χ1v) is 8.21. The summed E-state index contributed by atoms with van der Waals surface area (Å²) in [5, 5.41) is 0.862. The Morgan fingerprint density at radius 3 is 2.71 bits per heavy atom. The third kappa shape index (κ3) is 4.25. The first-order valence-electron chi connectivity index (χ1n) is 8.21. The molecule has 0 unspecified atom stereocenters. The Morgan fingerprint density at radius 1 is 1.21 bits per heavy atom. The number of unbranched alkanes of at least 4 members (excludes halogenated alkanes) is 1. The third-order valence-electron chi connectivity index (χ3n) is 3.60. The minimum atomic E-state index is -0.439. The smallest absolute Gasteiger partial charge is 0.355 e. The molecule has 2 aromatic rings. The van der Waals surface area contributed by atoms with Crippen LogP contribution < -0.4 is 0 Å². The Labute approximate surface area is 141 Å². The van der Waals surface area contributed by atoms with Crippen molar-refractivity contribution in [3.8, 4) is 0 Å². The van der Waals surface area contributed by atoms with E-state index in [4.69, 9.17) is 9.47 Å². The van der Waals surface area contributed by atoms with Crippen molar-refractivity contribution in [2.75, 3.05) is 13.2 Å². The van der Waals surface area contributed by atoms with Gasteiger partial charge < -0.3 is 14.5 Å². The largest absolute Gasteiger partial charge is 0.463 e. The fourth-order valence-electron chi connectivity index (χ4n) is 2.39. The lowest BCUT2D eigenvalue weighted by molar-refractivity contribution is -0.137. The standard InChI is InChI=1S/C19H23NO4/c1-4-6-11-24-17(21)10-9-15-14-8-7-13(3)12-16(14)20-18(15)19(22)23-5-2/h7-10,12,20H,4-6,11H2,1-3H3/b10-9+. The topological polar surface area (TPSA) is 68.4 Å². The average molecular weight is 329 g/mol. The molecule has 0 aliphatic carbocycles. The van der Waals surface area contributed by atoms with Crippen LogP contribution in [-0.4, -0.2) is 30.1 Å². The van der Waals surface area contributed by atoms with Crippen LogP contribution in [0.5, 0.6) is 0 Å². The quantitative estimate of drug-likeness (QED) is 0.473. The van der Waals surface area contributed by atoms with Gasteiger partial charge in [-0.25, -0.2) is 9.59 Å². The number of H-pyrrole nitrogens is 1. The summed E-state index contributed by atoms with van der Waals surface area (Å²) in [5.41, 5.74) is 2.89. The van der Waals surface area contributed by atoms with E-state index in [1.807, 2.05) is 32.0 Å². The van der Waals surface area contributed by atoms with Gasteiger partial charge in [0.05, 0.1) is 13.2 Å². The number of rotatable bonds is 7. The summed E-state index contributed by atoms with van der Waals surface area (Å²) in [5.74, 6) is -0.856. The van der Waals surface area contributed by atoms with Gasteiger partial charge in [-0.15, -0.1) is 0 Å². The van der Waals surface area contributed by atoms with Gasteiger partial charge in [0.15, 0.2) is 0 Å². The molecule has 1 aromatic carbocycles. The highest BCUT2D eigenvalue weighted by molar-refractivity contribution is 6.04. The van der Waals surface area contributed by atoms with Crippen LogP contribution >= 0.6 is 0 Å². The first-order chi connectivity index (χ1) is 11.6. The van der Waals surface area contributed by atoms with E-state index >= 15 is 0 Å². The van der Waals surface area contributed by atoms with E-state index in [2.05, 4.69) is 4.98 Å². The molecule has 5 nitrogen and oxygen atoms in total. The van der Waals surface area contributed by atoms with Gasteiger partial charge in [-0.2, -0.15) is 0 Å². The molecule has 0 amide bonds. The molecule has 0 saturated carbocycles. The van der Waals surface area contributed by atoms with Crippen molar-refractivity contribution in [1.82, 2.24) is 4.98 Å². The molecule has 2 rings (SSSR count). The zero-order valence-corrected chi connectivity index (χ0v) is 14.3. The Kier molecular flexibility index (Phi) is 6.18. The minimum Gasteiger partial charge on any atom is -0.463 e. The average Bonchev–Trinajstić information content (AvgIpc) is 2.91.